The minimum atomic E-state index is -2.40. The first-order valence-corrected chi connectivity index (χ1v) is 4.05. The molecule has 1 unspecified atom stereocenters. The van der Waals surface area contributed by atoms with Gasteiger partial charge in [0, 0.05) is 0 Å². The molecule has 0 aliphatic carbocycles. The fourth-order valence-electron chi connectivity index (χ4n) is 0.864. The van der Waals surface area contributed by atoms with Gasteiger partial charge in [-0.2, -0.15) is 0 Å². The van der Waals surface area contributed by atoms with Crippen molar-refractivity contribution < 1.29 is 70.1 Å². The number of carboxylic acids is 1. The van der Waals surface area contributed by atoms with E-state index in [9.17, 15) is 9.90 Å². The van der Waals surface area contributed by atoms with Crippen LogP contribution in [0, 0.1) is 0 Å². The van der Waals surface area contributed by atoms with E-state index >= 15 is 0 Å². The normalized spacial score (nSPS) is 20.1. The Hall–Kier alpha value is 0.230. The largest absolute Gasteiger partial charge is 1.00 e. The minimum Gasteiger partial charge on any atom is -0.547 e. The van der Waals surface area contributed by atoms with E-state index < -0.39 is 43.1 Å². The summed E-state index contributed by atoms with van der Waals surface area (Å²) in [5.74, 6) is -2.03. The van der Waals surface area contributed by atoms with Crippen LogP contribution in [0.2, 0.25) is 0 Å². The van der Waals surface area contributed by atoms with Gasteiger partial charge in [-0.25, -0.2) is 0 Å². The Morgan fingerprint density at radius 2 is 1.44 bits per heavy atom. The van der Waals surface area contributed by atoms with Gasteiger partial charge >= 0.3 is 29.6 Å². The van der Waals surface area contributed by atoms with Crippen LogP contribution in [0.3, 0.4) is 0 Å². The monoisotopic (exact) mass is 248 g/mol. The van der Waals surface area contributed by atoms with Crippen LogP contribution in [-0.4, -0.2) is 73.7 Å². The number of hydrogen-bond acceptors (Lipinski definition) is 8. The smallest absolute Gasteiger partial charge is 0.547 e. The number of aliphatic carboxylic acids is 1. The zero-order chi connectivity index (χ0) is 12.2. The van der Waals surface area contributed by atoms with E-state index in [0.717, 1.165) is 0 Å². The third kappa shape index (κ3) is 5.04. The van der Waals surface area contributed by atoms with Crippen molar-refractivity contribution in [3.8, 4) is 0 Å². The van der Waals surface area contributed by atoms with Gasteiger partial charge in [0.2, 0.25) is 0 Å². The fraction of sp³-hybridized carbons (Fsp3) is 0.857. The molecule has 0 amide bonds. The van der Waals surface area contributed by atoms with Crippen molar-refractivity contribution in [1.82, 2.24) is 0 Å². The van der Waals surface area contributed by atoms with Crippen LogP contribution in [0.5, 0.6) is 0 Å². The van der Waals surface area contributed by atoms with Crippen molar-refractivity contribution in [3.63, 3.8) is 0 Å². The number of carbonyl (C=O) groups excluding carboxylic acids is 1. The Morgan fingerprint density at radius 3 is 1.75 bits per heavy atom. The summed E-state index contributed by atoms with van der Waals surface area (Å²) in [7, 11) is 0. The van der Waals surface area contributed by atoms with Crippen molar-refractivity contribution in [3.05, 3.63) is 0 Å². The summed E-state index contributed by atoms with van der Waals surface area (Å²) < 4.78 is 0. The standard InChI is InChI=1S/C7H14O8.Na/c8-1-2(9)3(10)4(11)5(12)6(13)7(14)15;/h2-6,8-13H,1H2,(H,14,15);/q;+1/p-1/t2-,3-,4+,5-,6?;/m1./s1. The zero-order valence-electron chi connectivity index (χ0n) is 8.59. The third-order valence-corrected chi connectivity index (χ3v) is 1.85. The molecule has 16 heavy (non-hydrogen) atoms. The van der Waals surface area contributed by atoms with Crippen molar-refractivity contribution in [2.24, 2.45) is 0 Å². The molecule has 0 aromatic carbocycles. The predicted molar refractivity (Wildman–Crippen MR) is 42.1 cm³/mol. The number of rotatable bonds is 6. The maximum Gasteiger partial charge on any atom is 1.00 e. The molecule has 0 spiro atoms. The first-order valence-electron chi connectivity index (χ1n) is 4.05. The zero-order valence-corrected chi connectivity index (χ0v) is 10.6. The second-order valence-electron chi connectivity index (χ2n) is 2.99. The van der Waals surface area contributed by atoms with Gasteiger partial charge < -0.3 is 40.5 Å². The number of aliphatic hydroxyl groups is 6. The molecular weight excluding hydrogens is 235 g/mol. The van der Waals surface area contributed by atoms with Gasteiger partial charge in [0.05, 0.1) is 12.6 Å². The van der Waals surface area contributed by atoms with Crippen molar-refractivity contribution >= 4 is 5.97 Å². The average Bonchev–Trinajstić information content (AvgIpc) is 2.23. The van der Waals surface area contributed by atoms with E-state index in [1.165, 1.54) is 0 Å². The first kappa shape index (κ1) is 18.6. The molecule has 9 heteroatoms. The third-order valence-electron chi connectivity index (χ3n) is 1.85. The molecule has 90 valence electrons. The van der Waals surface area contributed by atoms with Crippen molar-refractivity contribution in [2.45, 2.75) is 30.5 Å². The maximum atomic E-state index is 10.1. The van der Waals surface area contributed by atoms with Crippen LogP contribution in [0.25, 0.3) is 0 Å². The van der Waals surface area contributed by atoms with E-state index in [-0.39, 0.29) is 29.6 Å². The van der Waals surface area contributed by atoms with E-state index in [2.05, 4.69) is 0 Å². The molecule has 0 radical (unpaired) electrons. The topological polar surface area (TPSA) is 162 Å². The number of aliphatic hydroxyl groups excluding tert-OH is 6. The van der Waals surface area contributed by atoms with Gasteiger partial charge in [-0.15, -0.1) is 0 Å². The first-order chi connectivity index (χ1) is 6.82. The summed E-state index contributed by atoms with van der Waals surface area (Å²) >= 11 is 0. The molecule has 5 atom stereocenters. The Labute approximate surface area is 113 Å². The molecule has 0 heterocycles. The molecular formula is C7H13NaO8. The summed E-state index contributed by atoms with van der Waals surface area (Å²) in [6.45, 7) is -0.896. The molecule has 0 aromatic heterocycles. The molecule has 0 saturated heterocycles. The van der Waals surface area contributed by atoms with Gasteiger partial charge in [0.15, 0.2) is 0 Å². The van der Waals surface area contributed by atoms with Crippen LogP contribution in [-0.2, 0) is 4.79 Å². The van der Waals surface area contributed by atoms with E-state index in [1.54, 1.807) is 0 Å². The molecule has 0 aromatic rings. The molecule has 0 rings (SSSR count). The van der Waals surface area contributed by atoms with Gasteiger partial charge in [0.1, 0.15) is 30.5 Å². The number of hydrogen-bond donors (Lipinski definition) is 6. The van der Waals surface area contributed by atoms with Gasteiger partial charge in [-0.05, 0) is 0 Å². The summed E-state index contributed by atoms with van der Waals surface area (Å²) in [5.41, 5.74) is 0. The SMILES string of the molecule is O=C([O-])C(O)[C@H](O)[C@@H](O)[C@H](O)[C@H](O)CO.[Na+]. The molecule has 0 aliphatic rings. The van der Waals surface area contributed by atoms with Gasteiger partial charge in [-0.3, -0.25) is 0 Å². The van der Waals surface area contributed by atoms with E-state index in [4.69, 9.17) is 30.6 Å². The van der Waals surface area contributed by atoms with E-state index in [1.807, 2.05) is 0 Å². The van der Waals surface area contributed by atoms with Crippen LogP contribution in [0.1, 0.15) is 0 Å². The molecule has 0 fully saturated rings. The number of carbonyl (C=O) groups is 1. The average molecular weight is 248 g/mol. The number of carboxylic acid groups (broad SMARTS) is 1. The molecule has 6 N–H and O–H groups in total. The van der Waals surface area contributed by atoms with E-state index in [0.29, 0.717) is 0 Å². The van der Waals surface area contributed by atoms with Crippen LogP contribution >= 0.6 is 0 Å². The quantitative estimate of drug-likeness (QED) is 0.252. The second-order valence-corrected chi connectivity index (χ2v) is 2.99. The summed E-state index contributed by atoms with van der Waals surface area (Å²) in [4.78, 5) is 10.1. The Morgan fingerprint density at radius 1 is 1.00 bits per heavy atom. The van der Waals surface area contributed by atoms with Gasteiger partial charge in [0.25, 0.3) is 0 Å². The molecule has 0 saturated carbocycles. The Bertz CT molecular complexity index is 213. The summed E-state index contributed by atoms with van der Waals surface area (Å²) in [6.07, 6.45) is -10.5. The summed E-state index contributed by atoms with van der Waals surface area (Å²) in [6, 6.07) is 0. The van der Waals surface area contributed by atoms with Crippen molar-refractivity contribution in [2.75, 3.05) is 6.61 Å². The summed E-state index contributed by atoms with van der Waals surface area (Å²) in [5, 5.41) is 63.2. The Balaban J connectivity index is 0. The van der Waals surface area contributed by atoms with Crippen LogP contribution in [0.15, 0.2) is 0 Å². The molecule has 0 aliphatic heterocycles. The maximum absolute atomic E-state index is 10.1. The predicted octanol–water partition coefficient (Wildman–Crippen LogP) is -8.46. The van der Waals surface area contributed by atoms with Crippen LogP contribution < -0.4 is 34.7 Å². The molecule has 8 nitrogen and oxygen atoms in total. The van der Waals surface area contributed by atoms with Crippen molar-refractivity contribution in [1.29, 1.82) is 0 Å². The Kier molecular flexibility index (Phi) is 9.69. The fourth-order valence-corrected chi connectivity index (χ4v) is 0.864. The second kappa shape index (κ2) is 8.34. The van der Waals surface area contributed by atoms with Gasteiger partial charge in [-0.1, -0.05) is 0 Å². The van der Waals surface area contributed by atoms with Crippen LogP contribution in [0.4, 0.5) is 0 Å². The minimum absolute atomic E-state index is 0. The molecule has 0 bridgehead atoms.